The number of methoxy groups -OCH3 is 1. The Hall–Kier alpha value is -3.54. The number of hydrogen-bond acceptors (Lipinski definition) is 4. The van der Waals surface area contributed by atoms with Gasteiger partial charge in [-0.3, -0.25) is 9.59 Å². The van der Waals surface area contributed by atoms with Gasteiger partial charge in [0.15, 0.2) is 5.76 Å². The fraction of sp³-hybridized carbons (Fsp3) is 0.143. The number of para-hydroxylation sites is 2. The molecular weight excluding hydrogens is 344 g/mol. The molecule has 6 nitrogen and oxygen atoms in total. The highest BCUT2D eigenvalue weighted by Crippen LogP contribution is 2.22. The van der Waals surface area contributed by atoms with Crippen LogP contribution in [0.25, 0.3) is 0 Å². The number of anilines is 1. The second-order valence-electron chi connectivity index (χ2n) is 5.92. The zero-order valence-corrected chi connectivity index (χ0v) is 15.1. The number of aryl methyl sites for hydroxylation is 1. The van der Waals surface area contributed by atoms with Crippen LogP contribution in [0.1, 0.15) is 32.0 Å². The van der Waals surface area contributed by atoms with Crippen LogP contribution in [-0.4, -0.2) is 18.9 Å². The van der Waals surface area contributed by atoms with E-state index in [0.717, 1.165) is 11.1 Å². The fourth-order valence-electron chi connectivity index (χ4n) is 2.73. The predicted octanol–water partition coefficient (Wildman–Crippen LogP) is 3.78. The Morgan fingerprint density at radius 2 is 1.81 bits per heavy atom. The first-order chi connectivity index (χ1) is 13.1. The third-order valence-corrected chi connectivity index (χ3v) is 4.13. The molecule has 6 heteroatoms. The summed E-state index contributed by atoms with van der Waals surface area (Å²) in [5, 5.41) is 5.64. The van der Waals surface area contributed by atoms with Crippen LogP contribution in [0.4, 0.5) is 5.69 Å². The van der Waals surface area contributed by atoms with Crippen molar-refractivity contribution in [2.24, 2.45) is 0 Å². The van der Waals surface area contributed by atoms with Crippen molar-refractivity contribution in [3.63, 3.8) is 0 Å². The van der Waals surface area contributed by atoms with Crippen LogP contribution in [-0.2, 0) is 6.54 Å². The lowest BCUT2D eigenvalue weighted by atomic mass is 10.1. The maximum Gasteiger partial charge on any atom is 0.291 e. The summed E-state index contributed by atoms with van der Waals surface area (Å²) in [6.07, 6.45) is 1.42. The van der Waals surface area contributed by atoms with E-state index >= 15 is 0 Å². The lowest BCUT2D eigenvalue weighted by molar-refractivity contribution is 0.0951. The maximum atomic E-state index is 12.7. The molecule has 0 atom stereocenters. The van der Waals surface area contributed by atoms with Gasteiger partial charge in [0.25, 0.3) is 11.8 Å². The molecule has 0 aliphatic rings. The Balaban J connectivity index is 1.78. The molecule has 2 amide bonds. The van der Waals surface area contributed by atoms with Crippen molar-refractivity contribution in [3.05, 3.63) is 83.3 Å². The third-order valence-electron chi connectivity index (χ3n) is 4.13. The van der Waals surface area contributed by atoms with Crippen LogP contribution < -0.4 is 15.4 Å². The molecule has 3 rings (SSSR count). The lowest BCUT2D eigenvalue weighted by Crippen LogP contribution is -2.25. The Labute approximate surface area is 157 Å². The fourth-order valence-corrected chi connectivity index (χ4v) is 2.73. The predicted molar refractivity (Wildman–Crippen MR) is 102 cm³/mol. The molecule has 0 spiro atoms. The minimum atomic E-state index is -0.409. The summed E-state index contributed by atoms with van der Waals surface area (Å²) in [5.41, 5.74) is 2.48. The largest absolute Gasteiger partial charge is 0.496 e. The van der Waals surface area contributed by atoms with Crippen molar-refractivity contribution < 1.29 is 18.7 Å². The zero-order chi connectivity index (χ0) is 19.2. The Bertz CT molecular complexity index is 949. The smallest absolute Gasteiger partial charge is 0.291 e. The molecule has 0 fully saturated rings. The molecule has 0 radical (unpaired) electrons. The van der Waals surface area contributed by atoms with Crippen molar-refractivity contribution in [1.29, 1.82) is 0 Å². The summed E-state index contributed by atoms with van der Waals surface area (Å²) in [6, 6.07) is 15.9. The normalized spacial score (nSPS) is 10.3. The number of ether oxygens (including phenoxy) is 1. The molecule has 0 saturated carbocycles. The van der Waals surface area contributed by atoms with Crippen LogP contribution in [0, 0.1) is 6.92 Å². The highest BCUT2D eigenvalue weighted by molar-refractivity contribution is 6.08. The van der Waals surface area contributed by atoms with E-state index in [-0.39, 0.29) is 11.7 Å². The molecule has 1 aromatic heterocycles. The second-order valence-corrected chi connectivity index (χ2v) is 5.92. The summed E-state index contributed by atoms with van der Waals surface area (Å²) >= 11 is 0. The first-order valence-electron chi connectivity index (χ1n) is 8.44. The van der Waals surface area contributed by atoms with Crippen molar-refractivity contribution >= 4 is 17.5 Å². The standard InChI is InChI=1S/C21H20N2O4/c1-14-7-5-9-16(19(14)23-21(25)18-11-6-12-27-18)20(24)22-13-15-8-3-4-10-17(15)26-2/h3-12H,13H2,1-2H3,(H,22,24)(H,23,25). The molecule has 0 bridgehead atoms. The summed E-state index contributed by atoms with van der Waals surface area (Å²) < 4.78 is 10.4. The number of carbonyl (C=O) groups is 2. The van der Waals surface area contributed by atoms with E-state index in [0.29, 0.717) is 23.5 Å². The zero-order valence-electron chi connectivity index (χ0n) is 15.1. The Morgan fingerprint density at radius 3 is 2.56 bits per heavy atom. The molecule has 3 aromatic rings. The number of furan rings is 1. The highest BCUT2D eigenvalue weighted by atomic mass is 16.5. The van der Waals surface area contributed by atoms with Crippen LogP contribution >= 0.6 is 0 Å². The monoisotopic (exact) mass is 364 g/mol. The highest BCUT2D eigenvalue weighted by Gasteiger charge is 2.17. The average Bonchev–Trinajstić information content (AvgIpc) is 3.22. The van der Waals surface area contributed by atoms with Crippen LogP contribution in [0.2, 0.25) is 0 Å². The van der Waals surface area contributed by atoms with Crippen molar-refractivity contribution in [3.8, 4) is 5.75 Å². The molecule has 138 valence electrons. The van der Waals surface area contributed by atoms with Crippen molar-refractivity contribution in [2.75, 3.05) is 12.4 Å². The third kappa shape index (κ3) is 4.17. The number of benzene rings is 2. The van der Waals surface area contributed by atoms with Gasteiger partial charge in [-0.2, -0.15) is 0 Å². The minimum Gasteiger partial charge on any atom is -0.496 e. The second kappa shape index (κ2) is 8.23. The van der Waals surface area contributed by atoms with Gasteiger partial charge in [-0.25, -0.2) is 0 Å². The molecule has 2 N–H and O–H groups in total. The van der Waals surface area contributed by atoms with E-state index in [1.54, 1.807) is 31.4 Å². The van der Waals surface area contributed by atoms with Gasteiger partial charge in [0, 0.05) is 12.1 Å². The van der Waals surface area contributed by atoms with E-state index in [1.807, 2.05) is 37.3 Å². The van der Waals surface area contributed by atoms with Gasteiger partial charge < -0.3 is 19.8 Å². The summed E-state index contributed by atoms with van der Waals surface area (Å²) in [7, 11) is 1.59. The average molecular weight is 364 g/mol. The van der Waals surface area contributed by atoms with Gasteiger partial charge in [-0.15, -0.1) is 0 Å². The van der Waals surface area contributed by atoms with Gasteiger partial charge in [0.05, 0.1) is 24.6 Å². The number of nitrogens with one attached hydrogen (secondary N) is 2. The van der Waals surface area contributed by atoms with Crippen LogP contribution in [0.3, 0.4) is 0 Å². The first kappa shape index (κ1) is 18.3. The summed E-state index contributed by atoms with van der Waals surface area (Å²) in [5.74, 6) is 0.180. The van der Waals surface area contributed by atoms with Crippen molar-refractivity contribution in [1.82, 2.24) is 5.32 Å². The topological polar surface area (TPSA) is 80.6 Å². The van der Waals surface area contributed by atoms with Gasteiger partial charge in [0.2, 0.25) is 0 Å². The van der Waals surface area contributed by atoms with Crippen LogP contribution in [0.15, 0.2) is 65.3 Å². The van der Waals surface area contributed by atoms with E-state index in [2.05, 4.69) is 10.6 Å². The van der Waals surface area contributed by atoms with Gasteiger partial charge >= 0.3 is 0 Å². The summed E-state index contributed by atoms with van der Waals surface area (Å²) in [4.78, 5) is 25.0. The molecule has 27 heavy (non-hydrogen) atoms. The summed E-state index contributed by atoms with van der Waals surface area (Å²) in [6.45, 7) is 2.14. The maximum absolute atomic E-state index is 12.7. The quantitative estimate of drug-likeness (QED) is 0.697. The van der Waals surface area contributed by atoms with Gasteiger partial charge in [0.1, 0.15) is 5.75 Å². The molecule has 2 aromatic carbocycles. The van der Waals surface area contributed by atoms with E-state index in [1.165, 1.54) is 6.26 Å². The van der Waals surface area contributed by atoms with E-state index in [4.69, 9.17) is 9.15 Å². The molecule has 0 aliphatic heterocycles. The SMILES string of the molecule is COc1ccccc1CNC(=O)c1cccc(C)c1NC(=O)c1ccco1. The van der Waals surface area contributed by atoms with Gasteiger partial charge in [-0.1, -0.05) is 30.3 Å². The molecule has 0 saturated heterocycles. The Morgan fingerprint density at radius 1 is 1.00 bits per heavy atom. The van der Waals surface area contributed by atoms with E-state index < -0.39 is 5.91 Å². The van der Waals surface area contributed by atoms with E-state index in [9.17, 15) is 9.59 Å². The lowest BCUT2D eigenvalue weighted by Gasteiger charge is -2.14. The number of rotatable bonds is 6. The number of hydrogen-bond donors (Lipinski definition) is 2. The molecule has 1 heterocycles. The first-order valence-corrected chi connectivity index (χ1v) is 8.44. The number of carbonyl (C=O) groups excluding carboxylic acids is 2. The molecule has 0 aliphatic carbocycles. The molecule has 0 unspecified atom stereocenters. The minimum absolute atomic E-state index is 0.179. The molecular formula is C21H20N2O4. The number of amides is 2. The van der Waals surface area contributed by atoms with Crippen LogP contribution in [0.5, 0.6) is 5.75 Å². The van der Waals surface area contributed by atoms with Crippen molar-refractivity contribution in [2.45, 2.75) is 13.5 Å². The van der Waals surface area contributed by atoms with Gasteiger partial charge in [-0.05, 0) is 36.8 Å². The Kier molecular flexibility index (Phi) is 5.56.